The molecule has 2 aromatic rings. The minimum atomic E-state index is 0. The summed E-state index contributed by atoms with van der Waals surface area (Å²) in [6.45, 7) is 5.00. The van der Waals surface area contributed by atoms with Crippen molar-refractivity contribution in [2.24, 2.45) is 5.41 Å². The molecule has 0 bridgehead atoms. The minimum absolute atomic E-state index is 0. The predicted molar refractivity (Wildman–Crippen MR) is 103 cm³/mol. The molecule has 6 heteroatoms. The van der Waals surface area contributed by atoms with Crippen molar-refractivity contribution in [3.8, 4) is 0 Å². The van der Waals surface area contributed by atoms with Crippen LogP contribution in [0.4, 0.5) is 0 Å². The first-order valence-electron chi connectivity index (χ1n) is 8.27. The van der Waals surface area contributed by atoms with E-state index < -0.39 is 0 Å². The number of carbonyl (C=O) groups excluding carboxylic acids is 1. The van der Waals surface area contributed by atoms with Crippen LogP contribution in [0.15, 0.2) is 29.0 Å². The molecule has 2 fully saturated rings. The number of thiophene rings is 2. The van der Waals surface area contributed by atoms with E-state index in [4.69, 9.17) is 0 Å². The lowest BCUT2D eigenvalue weighted by molar-refractivity contribution is 0.0697. The maximum absolute atomic E-state index is 13.1. The summed E-state index contributed by atoms with van der Waals surface area (Å²) in [6, 6.07) is 6.59. The molecule has 0 radical (unpaired) electrons. The highest BCUT2D eigenvalue weighted by molar-refractivity contribution is 7.13. The molecule has 0 aromatic carbocycles. The quantitative estimate of drug-likeness (QED) is 0.853. The molecule has 24 heavy (non-hydrogen) atoms. The van der Waals surface area contributed by atoms with Crippen LogP contribution in [0.2, 0.25) is 0 Å². The van der Waals surface area contributed by atoms with Crippen LogP contribution in [0.5, 0.6) is 0 Å². The van der Waals surface area contributed by atoms with Crippen molar-refractivity contribution in [1.82, 2.24) is 10.2 Å². The molecular formula is C18H23ClN2OS2. The number of amides is 1. The monoisotopic (exact) mass is 382 g/mol. The molecule has 2 aromatic heterocycles. The second kappa shape index (κ2) is 7.16. The zero-order chi connectivity index (χ0) is 15.9. The highest BCUT2D eigenvalue weighted by Gasteiger charge is 2.57. The third-order valence-corrected chi connectivity index (χ3v) is 6.99. The van der Waals surface area contributed by atoms with Gasteiger partial charge in [-0.3, -0.25) is 4.79 Å². The van der Waals surface area contributed by atoms with Gasteiger partial charge < -0.3 is 10.2 Å². The number of halogens is 1. The average molecular weight is 383 g/mol. The molecule has 1 atom stereocenters. The average Bonchev–Trinajstić information content (AvgIpc) is 2.97. The first-order chi connectivity index (χ1) is 11.2. The summed E-state index contributed by atoms with van der Waals surface area (Å²) in [6.07, 6.45) is 3.58. The van der Waals surface area contributed by atoms with Crippen molar-refractivity contribution >= 4 is 41.0 Å². The molecule has 1 aliphatic heterocycles. The van der Waals surface area contributed by atoms with Crippen LogP contribution in [-0.2, 0) is 6.54 Å². The number of nitrogens with zero attached hydrogens (tertiary/aromatic N) is 1. The van der Waals surface area contributed by atoms with Crippen LogP contribution < -0.4 is 5.32 Å². The van der Waals surface area contributed by atoms with Gasteiger partial charge in [0.15, 0.2) is 0 Å². The highest BCUT2D eigenvalue weighted by atomic mass is 35.5. The molecule has 1 amide bonds. The second-order valence-electron chi connectivity index (χ2n) is 6.81. The van der Waals surface area contributed by atoms with E-state index in [9.17, 15) is 4.79 Å². The molecular weight excluding hydrogens is 360 g/mol. The Morgan fingerprint density at radius 3 is 2.75 bits per heavy atom. The van der Waals surface area contributed by atoms with Crippen molar-refractivity contribution in [2.45, 2.75) is 38.8 Å². The van der Waals surface area contributed by atoms with Crippen LogP contribution in [0.1, 0.15) is 39.4 Å². The van der Waals surface area contributed by atoms with Crippen molar-refractivity contribution in [2.75, 3.05) is 13.1 Å². The van der Waals surface area contributed by atoms with E-state index in [0.717, 1.165) is 24.5 Å². The van der Waals surface area contributed by atoms with Gasteiger partial charge >= 0.3 is 0 Å². The third-order valence-electron chi connectivity index (χ3n) is 5.27. The Balaban J connectivity index is 0.00000169. The van der Waals surface area contributed by atoms with Gasteiger partial charge in [-0.1, -0.05) is 0 Å². The van der Waals surface area contributed by atoms with Gasteiger partial charge in [-0.15, -0.1) is 23.7 Å². The molecule has 1 saturated carbocycles. The molecule has 130 valence electrons. The van der Waals surface area contributed by atoms with Gasteiger partial charge in [-0.25, -0.2) is 0 Å². The van der Waals surface area contributed by atoms with Gasteiger partial charge in [0.25, 0.3) is 5.91 Å². The van der Waals surface area contributed by atoms with Crippen molar-refractivity contribution in [1.29, 1.82) is 0 Å². The topological polar surface area (TPSA) is 32.3 Å². The fraction of sp³-hybridized carbons (Fsp3) is 0.500. The van der Waals surface area contributed by atoms with Crippen molar-refractivity contribution in [3.05, 3.63) is 44.3 Å². The molecule has 3 heterocycles. The lowest BCUT2D eigenvalue weighted by Crippen LogP contribution is -2.38. The van der Waals surface area contributed by atoms with E-state index in [1.165, 1.54) is 29.7 Å². The summed E-state index contributed by atoms with van der Waals surface area (Å²) in [5, 5.41) is 7.71. The van der Waals surface area contributed by atoms with E-state index in [2.05, 4.69) is 34.0 Å². The molecule has 4 rings (SSSR count). The second-order valence-corrected chi connectivity index (χ2v) is 8.88. The molecule has 1 N–H and O–H groups in total. The molecule has 1 unspecified atom stereocenters. The normalized spacial score (nSPS) is 21.3. The van der Waals surface area contributed by atoms with Crippen molar-refractivity contribution < 1.29 is 4.79 Å². The summed E-state index contributed by atoms with van der Waals surface area (Å²) in [5.74, 6) is 0.217. The number of nitrogens with one attached hydrogen (secondary N) is 1. The fourth-order valence-electron chi connectivity index (χ4n) is 3.82. The fourth-order valence-corrected chi connectivity index (χ4v) is 5.31. The van der Waals surface area contributed by atoms with E-state index in [1.807, 2.05) is 12.1 Å². The van der Waals surface area contributed by atoms with Crippen LogP contribution in [0, 0.1) is 12.3 Å². The predicted octanol–water partition coefficient (Wildman–Crippen LogP) is 4.32. The molecule has 3 nitrogen and oxygen atoms in total. The molecule has 1 aliphatic carbocycles. The summed E-state index contributed by atoms with van der Waals surface area (Å²) in [7, 11) is 0. The highest BCUT2D eigenvalue weighted by Crippen LogP contribution is 2.56. The Morgan fingerprint density at radius 1 is 1.33 bits per heavy atom. The van der Waals surface area contributed by atoms with Crippen LogP contribution in [0.3, 0.4) is 0 Å². The Morgan fingerprint density at radius 2 is 2.12 bits per heavy atom. The lowest BCUT2D eigenvalue weighted by atomic mass is 9.93. The molecule has 2 aliphatic rings. The molecule has 1 spiro atoms. The number of hydrogen-bond acceptors (Lipinski definition) is 4. The first-order valence-corrected chi connectivity index (χ1v) is 10.0. The van der Waals surface area contributed by atoms with Gasteiger partial charge in [0.2, 0.25) is 0 Å². The number of aryl methyl sites for hydroxylation is 1. The summed E-state index contributed by atoms with van der Waals surface area (Å²) >= 11 is 3.32. The Kier molecular flexibility index (Phi) is 5.35. The summed E-state index contributed by atoms with van der Waals surface area (Å²) in [5.41, 5.74) is 1.64. The molecule has 1 saturated heterocycles. The lowest BCUT2D eigenvalue weighted by Gasteiger charge is -2.29. The van der Waals surface area contributed by atoms with E-state index in [-0.39, 0.29) is 18.3 Å². The van der Waals surface area contributed by atoms with Gasteiger partial charge in [0.05, 0.1) is 4.88 Å². The minimum Gasteiger partial charge on any atom is -0.330 e. The number of rotatable bonds is 4. The maximum Gasteiger partial charge on any atom is 0.264 e. The van der Waals surface area contributed by atoms with Gasteiger partial charge in [-0.05, 0) is 79.2 Å². The van der Waals surface area contributed by atoms with Crippen LogP contribution >= 0.6 is 35.1 Å². The standard InChI is InChI=1S/C18H22N2OS2.ClH/c1-13-2-3-15(23-13)17(21)20(11-14-4-9-22-12-14)16-10-18(16)5-7-19-8-6-18;/h2-4,9,12,16,19H,5-8,10-11H2,1H3;1H. The third kappa shape index (κ3) is 3.40. The maximum atomic E-state index is 13.1. The first kappa shape index (κ1) is 17.9. The summed E-state index contributed by atoms with van der Waals surface area (Å²) in [4.78, 5) is 17.4. The van der Waals surface area contributed by atoms with Crippen LogP contribution in [0.25, 0.3) is 0 Å². The SMILES string of the molecule is Cc1ccc(C(=O)N(Cc2ccsc2)C2CC23CCNCC3)s1.Cl. The van der Waals surface area contributed by atoms with E-state index >= 15 is 0 Å². The number of piperidine rings is 1. The Hall–Kier alpha value is -0.880. The van der Waals surface area contributed by atoms with Gasteiger partial charge in [0.1, 0.15) is 0 Å². The number of carbonyl (C=O) groups is 1. The van der Waals surface area contributed by atoms with Crippen molar-refractivity contribution in [3.63, 3.8) is 0 Å². The Labute approximate surface area is 157 Å². The van der Waals surface area contributed by atoms with E-state index in [0.29, 0.717) is 11.5 Å². The van der Waals surface area contributed by atoms with Gasteiger partial charge in [0, 0.05) is 17.5 Å². The zero-order valence-corrected chi connectivity index (χ0v) is 16.2. The largest absolute Gasteiger partial charge is 0.330 e. The number of hydrogen-bond donors (Lipinski definition) is 1. The van der Waals surface area contributed by atoms with E-state index in [1.54, 1.807) is 22.7 Å². The Bertz CT molecular complexity index is 692. The van der Waals surface area contributed by atoms with Gasteiger partial charge in [-0.2, -0.15) is 11.3 Å². The summed E-state index contributed by atoms with van der Waals surface area (Å²) < 4.78 is 0. The smallest absolute Gasteiger partial charge is 0.264 e. The van der Waals surface area contributed by atoms with Crippen LogP contribution in [-0.4, -0.2) is 29.9 Å². The zero-order valence-electron chi connectivity index (χ0n) is 13.8.